The molecule has 1 unspecified atom stereocenters. The minimum Gasteiger partial charge on any atom is -0.463 e. The number of allylic oxidation sites excluding steroid dienone is 1. The lowest BCUT2D eigenvalue weighted by Crippen LogP contribution is -2.07. The standard InChI is InChI=1S/C12H20O2/c1-4-10-6-7-11(8-10)9(3)12(13)14-5-2/h10H,4-8H2,1-3H3. The summed E-state index contributed by atoms with van der Waals surface area (Å²) in [7, 11) is 0. The summed E-state index contributed by atoms with van der Waals surface area (Å²) in [5.41, 5.74) is 2.16. The molecule has 0 aromatic carbocycles. The van der Waals surface area contributed by atoms with E-state index in [0.717, 1.165) is 24.3 Å². The Morgan fingerprint density at radius 1 is 1.50 bits per heavy atom. The summed E-state index contributed by atoms with van der Waals surface area (Å²) in [4.78, 5) is 11.4. The molecule has 0 spiro atoms. The van der Waals surface area contributed by atoms with Gasteiger partial charge < -0.3 is 4.74 Å². The van der Waals surface area contributed by atoms with Gasteiger partial charge in [-0.1, -0.05) is 18.9 Å². The monoisotopic (exact) mass is 196 g/mol. The number of rotatable bonds is 3. The first kappa shape index (κ1) is 11.3. The van der Waals surface area contributed by atoms with E-state index in [1.807, 2.05) is 13.8 Å². The van der Waals surface area contributed by atoms with Gasteiger partial charge in [0.05, 0.1) is 6.61 Å². The summed E-state index contributed by atoms with van der Waals surface area (Å²) in [6.45, 7) is 6.43. The summed E-state index contributed by atoms with van der Waals surface area (Å²) in [6.07, 6.45) is 4.65. The van der Waals surface area contributed by atoms with Crippen LogP contribution < -0.4 is 0 Å². The SMILES string of the molecule is CCOC(=O)C(C)=C1CCC(CC)C1. The molecule has 1 fully saturated rings. The van der Waals surface area contributed by atoms with Gasteiger partial charge in [-0.3, -0.25) is 0 Å². The number of carbonyl (C=O) groups is 1. The van der Waals surface area contributed by atoms with Crippen LogP contribution in [0.5, 0.6) is 0 Å². The summed E-state index contributed by atoms with van der Waals surface area (Å²) in [5.74, 6) is 0.661. The minimum absolute atomic E-state index is 0.126. The van der Waals surface area contributed by atoms with Crippen molar-refractivity contribution in [3.63, 3.8) is 0 Å². The molecule has 0 aliphatic heterocycles. The molecule has 1 rings (SSSR count). The predicted octanol–water partition coefficient (Wildman–Crippen LogP) is 3.08. The van der Waals surface area contributed by atoms with Crippen LogP contribution in [0.2, 0.25) is 0 Å². The van der Waals surface area contributed by atoms with Crippen LogP contribution in [-0.2, 0) is 9.53 Å². The molecule has 1 atom stereocenters. The van der Waals surface area contributed by atoms with E-state index in [-0.39, 0.29) is 5.97 Å². The largest absolute Gasteiger partial charge is 0.463 e. The summed E-state index contributed by atoms with van der Waals surface area (Å²) < 4.78 is 4.99. The summed E-state index contributed by atoms with van der Waals surface area (Å²) in [6, 6.07) is 0. The number of hydrogen-bond donors (Lipinski definition) is 0. The van der Waals surface area contributed by atoms with Crippen LogP contribution >= 0.6 is 0 Å². The lowest BCUT2D eigenvalue weighted by Gasteiger charge is -2.06. The van der Waals surface area contributed by atoms with Gasteiger partial charge in [-0.2, -0.15) is 0 Å². The average Bonchev–Trinajstić information content (AvgIpc) is 2.65. The third-order valence-electron chi connectivity index (χ3n) is 3.08. The van der Waals surface area contributed by atoms with Crippen molar-refractivity contribution in [3.05, 3.63) is 11.1 Å². The number of hydrogen-bond acceptors (Lipinski definition) is 2. The Morgan fingerprint density at radius 3 is 2.71 bits per heavy atom. The fourth-order valence-electron chi connectivity index (χ4n) is 2.00. The molecular formula is C12H20O2. The summed E-state index contributed by atoms with van der Waals surface area (Å²) >= 11 is 0. The van der Waals surface area contributed by atoms with Crippen LogP contribution in [0.4, 0.5) is 0 Å². The maximum Gasteiger partial charge on any atom is 0.333 e. The first-order chi connectivity index (χ1) is 6.69. The van der Waals surface area contributed by atoms with Crippen molar-refractivity contribution in [2.24, 2.45) is 5.92 Å². The molecule has 1 aliphatic carbocycles. The van der Waals surface area contributed by atoms with E-state index < -0.39 is 0 Å². The van der Waals surface area contributed by atoms with Crippen LogP contribution in [0.1, 0.15) is 46.5 Å². The van der Waals surface area contributed by atoms with Crippen molar-refractivity contribution in [3.8, 4) is 0 Å². The van der Waals surface area contributed by atoms with Gasteiger partial charge in [0.2, 0.25) is 0 Å². The van der Waals surface area contributed by atoms with Crippen LogP contribution in [0.3, 0.4) is 0 Å². The molecule has 0 heterocycles. The van der Waals surface area contributed by atoms with Gasteiger partial charge in [0.15, 0.2) is 0 Å². The lowest BCUT2D eigenvalue weighted by atomic mass is 10.0. The molecule has 1 saturated carbocycles. The quantitative estimate of drug-likeness (QED) is 0.512. The highest BCUT2D eigenvalue weighted by Crippen LogP contribution is 2.34. The average molecular weight is 196 g/mol. The zero-order valence-corrected chi connectivity index (χ0v) is 9.43. The van der Waals surface area contributed by atoms with Gasteiger partial charge in [-0.25, -0.2) is 4.79 Å². The maximum atomic E-state index is 11.4. The van der Waals surface area contributed by atoms with Crippen molar-refractivity contribution in [1.29, 1.82) is 0 Å². The zero-order chi connectivity index (χ0) is 10.6. The molecule has 0 radical (unpaired) electrons. The minimum atomic E-state index is -0.126. The first-order valence-corrected chi connectivity index (χ1v) is 5.54. The van der Waals surface area contributed by atoms with E-state index in [2.05, 4.69) is 6.92 Å². The third-order valence-corrected chi connectivity index (χ3v) is 3.08. The Balaban J connectivity index is 2.61. The van der Waals surface area contributed by atoms with Crippen molar-refractivity contribution in [1.82, 2.24) is 0 Å². The van der Waals surface area contributed by atoms with E-state index >= 15 is 0 Å². The number of esters is 1. The Kier molecular flexibility index (Phi) is 4.18. The highest BCUT2D eigenvalue weighted by atomic mass is 16.5. The van der Waals surface area contributed by atoms with Gasteiger partial charge in [-0.05, 0) is 39.0 Å². The lowest BCUT2D eigenvalue weighted by molar-refractivity contribution is -0.138. The highest BCUT2D eigenvalue weighted by Gasteiger charge is 2.21. The van der Waals surface area contributed by atoms with E-state index in [1.165, 1.54) is 18.4 Å². The Morgan fingerprint density at radius 2 is 2.21 bits per heavy atom. The molecule has 80 valence electrons. The predicted molar refractivity (Wildman–Crippen MR) is 57.0 cm³/mol. The van der Waals surface area contributed by atoms with Gasteiger partial charge in [0, 0.05) is 5.57 Å². The first-order valence-electron chi connectivity index (χ1n) is 5.54. The molecule has 14 heavy (non-hydrogen) atoms. The van der Waals surface area contributed by atoms with Gasteiger partial charge in [0.1, 0.15) is 0 Å². The van der Waals surface area contributed by atoms with Crippen molar-refractivity contribution in [2.45, 2.75) is 46.5 Å². The second kappa shape index (κ2) is 5.18. The van der Waals surface area contributed by atoms with E-state index in [9.17, 15) is 4.79 Å². The van der Waals surface area contributed by atoms with Crippen LogP contribution in [-0.4, -0.2) is 12.6 Å². The van der Waals surface area contributed by atoms with Gasteiger partial charge in [-0.15, -0.1) is 0 Å². The van der Waals surface area contributed by atoms with Crippen LogP contribution in [0.15, 0.2) is 11.1 Å². The Labute approximate surface area is 86.3 Å². The molecule has 0 aromatic heterocycles. The van der Waals surface area contributed by atoms with Gasteiger partial charge >= 0.3 is 5.97 Å². The molecular weight excluding hydrogens is 176 g/mol. The molecule has 0 N–H and O–H groups in total. The van der Waals surface area contributed by atoms with Crippen molar-refractivity contribution >= 4 is 5.97 Å². The zero-order valence-electron chi connectivity index (χ0n) is 9.43. The van der Waals surface area contributed by atoms with Gasteiger partial charge in [0.25, 0.3) is 0 Å². The number of carbonyl (C=O) groups excluding carboxylic acids is 1. The smallest absolute Gasteiger partial charge is 0.333 e. The molecule has 0 saturated heterocycles. The fourth-order valence-corrected chi connectivity index (χ4v) is 2.00. The van der Waals surface area contributed by atoms with Crippen LogP contribution in [0.25, 0.3) is 0 Å². The normalized spacial score (nSPS) is 24.9. The molecule has 2 nitrogen and oxygen atoms in total. The maximum absolute atomic E-state index is 11.4. The third kappa shape index (κ3) is 2.60. The Bertz CT molecular complexity index is 241. The molecule has 1 aliphatic rings. The Hall–Kier alpha value is -0.790. The molecule has 0 bridgehead atoms. The van der Waals surface area contributed by atoms with E-state index in [1.54, 1.807) is 0 Å². The molecule has 0 amide bonds. The summed E-state index contributed by atoms with van der Waals surface area (Å²) in [5, 5.41) is 0. The second-order valence-corrected chi connectivity index (χ2v) is 3.97. The molecule has 2 heteroatoms. The van der Waals surface area contributed by atoms with Crippen molar-refractivity contribution in [2.75, 3.05) is 6.61 Å². The van der Waals surface area contributed by atoms with Crippen molar-refractivity contribution < 1.29 is 9.53 Å². The van der Waals surface area contributed by atoms with E-state index in [4.69, 9.17) is 4.74 Å². The molecule has 0 aromatic rings. The number of ether oxygens (including phenoxy) is 1. The van der Waals surface area contributed by atoms with Crippen LogP contribution in [0, 0.1) is 5.92 Å². The topological polar surface area (TPSA) is 26.3 Å². The fraction of sp³-hybridized carbons (Fsp3) is 0.750. The second-order valence-electron chi connectivity index (χ2n) is 3.97. The van der Waals surface area contributed by atoms with E-state index in [0.29, 0.717) is 6.61 Å². The highest BCUT2D eigenvalue weighted by molar-refractivity contribution is 5.88.